The van der Waals surface area contributed by atoms with Gasteiger partial charge in [-0.05, 0) is 18.2 Å². The number of anilines is 1. The zero-order valence-electron chi connectivity index (χ0n) is 12.7. The quantitative estimate of drug-likeness (QED) is 0.350. The van der Waals surface area contributed by atoms with E-state index in [9.17, 15) is 25.2 Å². The third-order valence-electron chi connectivity index (χ3n) is 3.80. The molecule has 1 aliphatic heterocycles. The summed E-state index contributed by atoms with van der Waals surface area (Å²) in [6, 6.07) is 9.90. The molecule has 2 aromatic rings. The molecule has 2 atom stereocenters. The lowest BCUT2D eigenvalue weighted by atomic mass is 10.1. The lowest BCUT2D eigenvalue weighted by Crippen LogP contribution is -3.00. The fourth-order valence-electron chi connectivity index (χ4n) is 2.56. The number of rotatable bonds is 5. The molecule has 0 saturated carbocycles. The number of fused-ring (bicyclic) bond motifs is 1. The highest BCUT2D eigenvalue weighted by molar-refractivity contribution is 6.21. The molecule has 130 valence electrons. The first-order valence-electron chi connectivity index (χ1n) is 7.20. The summed E-state index contributed by atoms with van der Waals surface area (Å²) in [6.45, 7) is -0.237. The van der Waals surface area contributed by atoms with Crippen LogP contribution in [0.1, 0.15) is 20.7 Å². The van der Waals surface area contributed by atoms with Crippen LogP contribution in [-0.2, 0) is 0 Å². The third kappa shape index (κ3) is 3.08. The first kappa shape index (κ1) is 17.0. The van der Waals surface area contributed by atoms with Crippen molar-refractivity contribution in [2.24, 2.45) is 0 Å². The van der Waals surface area contributed by atoms with Gasteiger partial charge in [-0.2, -0.15) is 10.5 Å². The number of hydrogen-bond acceptors (Lipinski definition) is 7. The third-order valence-corrected chi connectivity index (χ3v) is 3.80. The average molecular weight is 346 g/mol. The van der Waals surface area contributed by atoms with Crippen molar-refractivity contribution in [1.29, 1.82) is 0 Å². The SMILES string of the molecule is O=C1c2ccccc2C(=O)N1CNc1ccc([NH+]([O-])O)cc1[NH+]([O-])O. The van der Waals surface area contributed by atoms with Gasteiger partial charge in [0.1, 0.15) is 5.69 Å². The molecule has 2 unspecified atom stereocenters. The molecule has 1 aliphatic rings. The van der Waals surface area contributed by atoms with Crippen molar-refractivity contribution >= 4 is 28.9 Å². The molecule has 25 heavy (non-hydrogen) atoms. The summed E-state index contributed by atoms with van der Waals surface area (Å²) in [5, 5.41) is 40.6. The second-order valence-corrected chi connectivity index (χ2v) is 5.29. The fourth-order valence-corrected chi connectivity index (χ4v) is 2.56. The average Bonchev–Trinajstić information content (AvgIpc) is 2.84. The molecule has 0 spiro atoms. The Labute approximate surface area is 141 Å². The van der Waals surface area contributed by atoms with Crippen molar-refractivity contribution in [1.82, 2.24) is 4.90 Å². The van der Waals surface area contributed by atoms with Gasteiger partial charge in [0, 0.05) is 6.07 Å². The number of nitrogens with one attached hydrogen (secondary N) is 3. The van der Waals surface area contributed by atoms with E-state index in [-0.39, 0.29) is 34.9 Å². The van der Waals surface area contributed by atoms with E-state index in [0.29, 0.717) is 0 Å². The summed E-state index contributed by atoms with van der Waals surface area (Å²) >= 11 is 0. The minimum absolute atomic E-state index is 0.106. The number of carbonyl (C=O) groups excluding carboxylic acids is 2. The van der Waals surface area contributed by atoms with Crippen LogP contribution in [0.15, 0.2) is 42.5 Å². The van der Waals surface area contributed by atoms with Gasteiger partial charge in [0.25, 0.3) is 11.8 Å². The molecule has 0 saturated heterocycles. The Morgan fingerprint density at radius 3 is 2.08 bits per heavy atom. The molecule has 2 aromatic carbocycles. The minimum Gasteiger partial charge on any atom is -0.595 e. The molecular formula is C15H14N4O6. The van der Waals surface area contributed by atoms with Crippen molar-refractivity contribution < 1.29 is 30.5 Å². The van der Waals surface area contributed by atoms with E-state index in [4.69, 9.17) is 5.21 Å². The Morgan fingerprint density at radius 2 is 1.56 bits per heavy atom. The van der Waals surface area contributed by atoms with Crippen molar-refractivity contribution in [2.75, 3.05) is 12.0 Å². The molecular weight excluding hydrogens is 332 g/mol. The van der Waals surface area contributed by atoms with E-state index in [1.165, 1.54) is 12.1 Å². The Bertz CT molecular complexity index is 804. The Morgan fingerprint density at radius 1 is 0.960 bits per heavy atom. The summed E-state index contributed by atoms with van der Waals surface area (Å²) in [7, 11) is 0. The highest BCUT2D eigenvalue weighted by Crippen LogP contribution is 2.24. The topological polar surface area (TPSA) is 145 Å². The van der Waals surface area contributed by atoms with E-state index < -0.39 is 22.3 Å². The number of nitrogens with zero attached hydrogens (tertiary/aromatic N) is 1. The molecule has 10 heteroatoms. The smallest absolute Gasteiger partial charge is 0.263 e. The molecule has 0 bridgehead atoms. The summed E-state index contributed by atoms with van der Waals surface area (Å²) < 4.78 is 0. The predicted molar refractivity (Wildman–Crippen MR) is 83.4 cm³/mol. The van der Waals surface area contributed by atoms with Crippen LogP contribution in [0.25, 0.3) is 0 Å². The summed E-state index contributed by atoms with van der Waals surface area (Å²) in [4.78, 5) is 25.5. The number of imide groups is 1. The molecule has 5 N–H and O–H groups in total. The van der Waals surface area contributed by atoms with Gasteiger partial charge in [-0.25, -0.2) is 10.4 Å². The Kier molecular flexibility index (Phi) is 4.46. The zero-order chi connectivity index (χ0) is 18.1. The zero-order valence-corrected chi connectivity index (χ0v) is 12.7. The van der Waals surface area contributed by atoms with Crippen LogP contribution in [0, 0.1) is 10.4 Å². The Hall–Kier alpha value is -2.86. The normalized spacial score (nSPS) is 15.9. The molecule has 0 fully saturated rings. The standard InChI is InChI=1S/C15H14N4O6/c20-14-10-3-1-2-4-11(10)15(21)17(14)8-16-12-6-5-9(18(22)23)7-13(12)19(24)25/h1-7,16,18-19,22,24H,8H2. The van der Waals surface area contributed by atoms with E-state index in [1.807, 2.05) is 0 Å². The van der Waals surface area contributed by atoms with Crippen LogP contribution in [0.5, 0.6) is 0 Å². The number of amides is 2. The van der Waals surface area contributed by atoms with Gasteiger partial charge in [-0.15, -0.1) is 0 Å². The largest absolute Gasteiger partial charge is 0.595 e. The molecule has 1 heterocycles. The highest BCUT2D eigenvalue weighted by atomic mass is 16.8. The lowest BCUT2D eigenvalue weighted by molar-refractivity contribution is -0.996. The second-order valence-electron chi connectivity index (χ2n) is 5.29. The van der Waals surface area contributed by atoms with E-state index >= 15 is 0 Å². The fraction of sp³-hybridized carbons (Fsp3) is 0.0667. The molecule has 0 aromatic heterocycles. The van der Waals surface area contributed by atoms with E-state index in [2.05, 4.69) is 5.32 Å². The number of carbonyl (C=O) groups is 2. The monoisotopic (exact) mass is 346 g/mol. The second kappa shape index (κ2) is 6.57. The van der Waals surface area contributed by atoms with Crippen molar-refractivity contribution in [2.45, 2.75) is 0 Å². The summed E-state index contributed by atoms with van der Waals surface area (Å²) in [6.07, 6.45) is 0. The maximum Gasteiger partial charge on any atom is 0.263 e. The van der Waals surface area contributed by atoms with Crippen molar-refractivity contribution in [3.8, 4) is 0 Å². The minimum atomic E-state index is -1.33. The van der Waals surface area contributed by atoms with Gasteiger partial charge in [-0.3, -0.25) is 14.5 Å². The molecule has 3 rings (SSSR count). The molecule has 0 radical (unpaired) electrons. The van der Waals surface area contributed by atoms with Gasteiger partial charge >= 0.3 is 0 Å². The summed E-state index contributed by atoms with van der Waals surface area (Å²) in [5.41, 5.74) is 0.234. The van der Waals surface area contributed by atoms with Gasteiger partial charge in [0.2, 0.25) is 0 Å². The van der Waals surface area contributed by atoms with E-state index in [1.54, 1.807) is 24.3 Å². The van der Waals surface area contributed by atoms with E-state index in [0.717, 1.165) is 11.0 Å². The Balaban J connectivity index is 1.81. The van der Waals surface area contributed by atoms with Crippen LogP contribution in [0.3, 0.4) is 0 Å². The predicted octanol–water partition coefficient (Wildman–Crippen LogP) is -0.841. The number of quaternary nitrogens is 2. The number of benzene rings is 2. The van der Waals surface area contributed by atoms with Crippen molar-refractivity contribution in [3.63, 3.8) is 0 Å². The summed E-state index contributed by atoms with van der Waals surface area (Å²) in [5.74, 6) is -0.959. The van der Waals surface area contributed by atoms with Gasteiger partial charge in [0.15, 0.2) is 11.4 Å². The maximum absolute atomic E-state index is 12.3. The van der Waals surface area contributed by atoms with Gasteiger partial charge < -0.3 is 15.7 Å². The van der Waals surface area contributed by atoms with Crippen LogP contribution in [0.4, 0.5) is 17.1 Å². The first-order chi connectivity index (χ1) is 11.9. The van der Waals surface area contributed by atoms with Crippen LogP contribution < -0.4 is 15.8 Å². The first-order valence-corrected chi connectivity index (χ1v) is 7.20. The van der Waals surface area contributed by atoms with Crippen molar-refractivity contribution in [3.05, 3.63) is 64.0 Å². The van der Waals surface area contributed by atoms with Crippen LogP contribution in [-0.4, -0.2) is 33.8 Å². The molecule has 10 nitrogen and oxygen atoms in total. The van der Waals surface area contributed by atoms with Gasteiger partial charge in [0.05, 0.1) is 23.9 Å². The highest BCUT2D eigenvalue weighted by Gasteiger charge is 2.35. The van der Waals surface area contributed by atoms with Gasteiger partial charge in [-0.1, -0.05) is 12.1 Å². The molecule has 0 aliphatic carbocycles. The van der Waals surface area contributed by atoms with Crippen LogP contribution in [0.2, 0.25) is 0 Å². The number of hydrogen-bond donors (Lipinski definition) is 5. The maximum atomic E-state index is 12.3. The lowest BCUT2D eigenvalue weighted by Gasteiger charge is -2.21. The molecule has 2 amide bonds. The van der Waals surface area contributed by atoms with Crippen LogP contribution >= 0.6 is 0 Å².